The van der Waals surface area contributed by atoms with Gasteiger partial charge in [0.25, 0.3) is 0 Å². The molecule has 0 fully saturated rings. The van der Waals surface area contributed by atoms with Crippen molar-refractivity contribution in [1.29, 1.82) is 0 Å². The van der Waals surface area contributed by atoms with E-state index in [2.05, 4.69) is 125 Å². The monoisotopic (exact) mass is 422 g/mol. The molecule has 2 aromatic rings. The zero-order valence-corrected chi connectivity index (χ0v) is 18.9. The van der Waals surface area contributed by atoms with Crippen LogP contribution >= 0.6 is 0 Å². The van der Waals surface area contributed by atoms with Crippen LogP contribution in [0.4, 0.5) is 0 Å². The van der Waals surface area contributed by atoms with Gasteiger partial charge in [0, 0.05) is 0 Å². The van der Waals surface area contributed by atoms with Gasteiger partial charge in [0.05, 0.1) is 0 Å². The molecule has 0 saturated heterocycles. The fourth-order valence-corrected chi connectivity index (χ4v) is 3.63. The molecule has 0 saturated carbocycles. The molecule has 150 valence electrons. The summed E-state index contributed by atoms with van der Waals surface area (Å²) >= 11 is 0. The van der Waals surface area contributed by atoms with Crippen LogP contribution < -0.4 is 0 Å². The van der Waals surface area contributed by atoms with Crippen LogP contribution in [0, 0.1) is 11.8 Å². The minimum atomic E-state index is 0. The number of rotatable bonds is 3. The molecule has 0 spiro atoms. The van der Waals surface area contributed by atoms with E-state index in [0.717, 1.165) is 0 Å². The minimum absolute atomic E-state index is 0. The van der Waals surface area contributed by atoms with Crippen LogP contribution in [0.25, 0.3) is 11.1 Å². The van der Waals surface area contributed by atoms with Gasteiger partial charge in [-0.2, -0.15) is 12.1 Å². The molecule has 4 rings (SSSR count). The molecule has 0 radical (unpaired) electrons. The maximum atomic E-state index is 2.24. The number of hydrogen-bond acceptors (Lipinski definition) is 0. The van der Waals surface area contributed by atoms with Crippen LogP contribution in [0.2, 0.25) is 0 Å². The van der Waals surface area contributed by atoms with Crippen molar-refractivity contribution in [1.82, 2.24) is 0 Å². The number of hydrogen-bond donors (Lipinski definition) is 0. The average Bonchev–Trinajstić information content (AvgIpc) is 3.42. The predicted molar refractivity (Wildman–Crippen MR) is 123 cm³/mol. The second-order valence-electron chi connectivity index (χ2n) is 7.83. The first-order valence-electron chi connectivity index (χ1n) is 10.2. The van der Waals surface area contributed by atoms with Gasteiger partial charge in [0.1, 0.15) is 0 Å². The van der Waals surface area contributed by atoms with Gasteiger partial charge >= 0.3 is 17.1 Å². The Balaban J connectivity index is 0.000000200. The molecule has 0 N–H and O–H groups in total. The van der Waals surface area contributed by atoms with Crippen molar-refractivity contribution in [3.05, 3.63) is 120 Å². The second-order valence-corrected chi connectivity index (χ2v) is 7.83. The number of allylic oxidation sites excluding steroid dienone is 10. The second kappa shape index (κ2) is 11.0. The zero-order valence-electron chi connectivity index (χ0n) is 17.7. The molecule has 1 heteroatoms. The van der Waals surface area contributed by atoms with Gasteiger partial charge in [-0.25, -0.2) is 0 Å². The van der Waals surface area contributed by atoms with Gasteiger partial charge in [0.2, 0.25) is 0 Å². The van der Waals surface area contributed by atoms with Crippen molar-refractivity contribution in [2.24, 2.45) is 5.92 Å². The molecule has 2 aliphatic rings. The SMILES string of the molecule is CC(C)[C-]1C=CC=CC1=C1C=CC=C1.CC(C)c1ccccc1-[c-]1cccc1.[Fe+2]. The van der Waals surface area contributed by atoms with Gasteiger partial charge in [-0.15, -0.1) is 65.1 Å². The van der Waals surface area contributed by atoms with Gasteiger partial charge in [-0.1, -0.05) is 87.3 Å². The van der Waals surface area contributed by atoms with E-state index in [1.807, 2.05) is 0 Å². The molecular formula is C28H30Fe. The van der Waals surface area contributed by atoms with E-state index in [-0.39, 0.29) is 17.1 Å². The minimum Gasteiger partial charge on any atom is -0.152 e. The average molecular weight is 422 g/mol. The molecule has 0 bridgehead atoms. The van der Waals surface area contributed by atoms with Gasteiger partial charge in [0.15, 0.2) is 0 Å². The molecule has 0 unspecified atom stereocenters. The largest absolute Gasteiger partial charge is 2.00 e. The molecule has 0 atom stereocenters. The molecule has 0 nitrogen and oxygen atoms in total. The van der Waals surface area contributed by atoms with Crippen molar-refractivity contribution >= 4 is 0 Å². The fourth-order valence-electron chi connectivity index (χ4n) is 3.63. The van der Waals surface area contributed by atoms with Crippen molar-refractivity contribution in [3.8, 4) is 11.1 Å². The summed E-state index contributed by atoms with van der Waals surface area (Å²) in [6.07, 6.45) is 17.1. The van der Waals surface area contributed by atoms with Crippen LogP contribution in [-0.4, -0.2) is 0 Å². The summed E-state index contributed by atoms with van der Waals surface area (Å²) < 4.78 is 0. The third-order valence-electron chi connectivity index (χ3n) is 5.11. The molecule has 0 heterocycles. The Bertz CT molecular complexity index is 901. The number of benzene rings is 1. The molecule has 0 aliphatic heterocycles. The zero-order chi connectivity index (χ0) is 19.9. The summed E-state index contributed by atoms with van der Waals surface area (Å²) in [6, 6.07) is 17.1. The van der Waals surface area contributed by atoms with Crippen LogP contribution in [-0.2, 0) is 17.1 Å². The standard InChI is InChI=1S/2C14H15.Fe/c2*1-11(2)13-9-5-6-10-14(13)12-7-3-4-8-12;/h2*3-11H,1-2H3;/q2*-1;+2. The Kier molecular flexibility index (Phi) is 8.70. The van der Waals surface area contributed by atoms with Crippen LogP contribution in [0.5, 0.6) is 0 Å². The van der Waals surface area contributed by atoms with E-state index in [4.69, 9.17) is 0 Å². The Morgan fingerprint density at radius 2 is 1.34 bits per heavy atom. The normalized spacial score (nSPS) is 14.5. The maximum Gasteiger partial charge on any atom is 2.00 e. The summed E-state index contributed by atoms with van der Waals surface area (Å²) in [7, 11) is 0. The van der Waals surface area contributed by atoms with Crippen LogP contribution in [0.1, 0.15) is 39.2 Å². The summed E-state index contributed by atoms with van der Waals surface area (Å²) in [5.41, 5.74) is 6.82. The van der Waals surface area contributed by atoms with Gasteiger partial charge < -0.3 is 0 Å². The Morgan fingerprint density at radius 3 is 1.97 bits per heavy atom. The Hall–Kier alpha value is -2.34. The summed E-state index contributed by atoms with van der Waals surface area (Å²) in [5.74, 6) is 2.60. The van der Waals surface area contributed by atoms with Gasteiger partial charge in [-0.05, 0) is 5.92 Å². The molecule has 0 amide bonds. The molecule has 2 aliphatic carbocycles. The first-order valence-corrected chi connectivity index (χ1v) is 10.2. The van der Waals surface area contributed by atoms with E-state index >= 15 is 0 Å². The first-order chi connectivity index (χ1) is 13.6. The van der Waals surface area contributed by atoms with E-state index in [9.17, 15) is 0 Å². The molecule has 29 heavy (non-hydrogen) atoms. The predicted octanol–water partition coefficient (Wildman–Crippen LogP) is 7.96. The molecular weight excluding hydrogens is 392 g/mol. The Morgan fingerprint density at radius 1 is 0.724 bits per heavy atom. The maximum absolute atomic E-state index is 2.24. The van der Waals surface area contributed by atoms with Crippen molar-refractivity contribution in [2.45, 2.75) is 33.6 Å². The first kappa shape index (κ1) is 22.9. The van der Waals surface area contributed by atoms with Crippen LogP contribution in [0.15, 0.2) is 108 Å². The third-order valence-corrected chi connectivity index (χ3v) is 5.11. The smallest absolute Gasteiger partial charge is 0.152 e. The summed E-state index contributed by atoms with van der Waals surface area (Å²) in [5, 5.41) is 0. The van der Waals surface area contributed by atoms with Crippen LogP contribution in [0.3, 0.4) is 0 Å². The van der Waals surface area contributed by atoms with Crippen molar-refractivity contribution < 1.29 is 17.1 Å². The quantitative estimate of drug-likeness (QED) is 0.348. The van der Waals surface area contributed by atoms with E-state index in [1.54, 1.807) is 0 Å². The summed E-state index contributed by atoms with van der Waals surface area (Å²) in [6.45, 7) is 8.95. The summed E-state index contributed by atoms with van der Waals surface area (Å²) in [4.78, 5) is 0. The molecule has 2 aromatic carbocycles. The van der Waals surface area contributed by atoms with E-state index in [1.165, 1.54) is 33.8 Å². The van der Waals surface area contributed by atoms with Gasteiger partial charge in [-0.3, -0.25) is 0 Å². The topological polar surface area (TPSA) is 0 Å². The van der Waals surface area contributed by atoms with Crippen molar-refractivity contribution in [2.75, 3.05) is 0 Å². The van der Waals surface area contributed by atoms with E-state index < -0.39 is 0 Å². The van der Waals surface area contributed by atoms with Crippen molar-refractivity contribution in [3.63, 3.8) is 0 Å². The Labute approximate surface area is 187 Å². The van der Waals surface area contributed by atoms with E-state index in [0.29, 0.717) is 11.8 Å². The fraction of sp³-hybridized carbons (Fsp3) is 0.214. The molecule has 0 aromatic heterocycles. The third kappa shape index (κ3) is 5.82.